The third-order valence-corrected chi connectivity index (χ3v) is 2.58. The van der Waals surface area contributed by atoms with Crippen molar-refractivity contribution in [3.8, 4) is 11.3 Å². The Kier molecular flexibility index (Phi) is 4.75. The highest BCUT2D eigenvalue weighted by Crippen LogP contribution is 2.24. The summed E-state index contributed by atoms with van der Waals surface area (Å²) >= 11 is 0. The van der Waals surface area contributed by atoms with Gasteiger partial charge >= 0.3 is 0 Å². The third kappa shape index (κ3) is 3.37. The highest BCUT2D eigenvalue weighted by molar-refractivity contribution is 5.56. The van der Waals surface area contributed by atoms with E-state index in [1.165, 1.54) is 6.20 Å². The number of rotatable bonds is 6. The molecule has 0 saturated carbocycles. The maximum Gasteiger partial charge on any atom is 0.208 e. The van der Waals surface area contributed by atoms with Gasteiger partial charge in [0, 0.05) is 19.2 Å². The maximum absolute atomic E-state index is 13.1. The van der Waals surface area contributed by atoms with E-state index < -0.39 is 17.5 Å². The number of aromatic nitrogens is 1. The first-order chi connectivity index (χ1) is 9.61. The fourth-order valence-corrected chi connectivity index (χ4v) is 1.59. The van der Waals surface area contributed by atoms with E-state index >= 15 is 0 Å². The van der Waals surface area contributed by atoms with Gasteiger partial charge in [-0.2, -0.15) is 0 Å². The van der Waals surface area contributed by atoms with Crippen molar-refractivity contribution in [2.45, 2.75) is 6.54 Å². The van der Waals surface area contributed by atoms with Crippen molar-refractivity contribution in [3.05, 3.63) is 41.7 Å². The Labute approximate surface area is 113 Å². The van der Waals surface area contributed by atoms with Gasteiger partial charge in [0.1, 0.15) is 0 Å². The van der Waals surface area contributed by atoms with Crippen molar-refractivity contribution >= 4 is 0 Å². The lowest BCUT2D eigenvalue weighted by atomic mass is 10.1. The van der Waals surface area contributed by atoms with Crippen LogP contribution in [0.4, 0.5) is 13.2 Å². The van der Waals surface area contributed by atoms with E-state index in [2.05, 4.69) is 10.3 Å². The SMILES string of the molecule is COCCNCc1ncc(-c2cc(F)c(F)c(F)c2)o1. The molecule has 0 aliphatic carbocycles. The molecule has 0 aliphatic heterocycles. The van der Waals surface area contributed by atoms with Gasteiger partial charge in [-0.05, 0) is 12.1 Å². The molecule has 0 amide bonds. The Hall–Kier alpha value is -1.86. The van der Waals surface area contributed by atoms with Gasteiger partial charge < -0.3 is 14.5 Å². The van der Waals surface area contributed by atoms with E-state index in [0.717, 1.165) is 12.1 Å². The minimum absolute atomic E-state index is 0.0945. The van der Waals surface area contributed by atoms with Crippen molar-refractivity contribution < 1.29 is 22.3 Å². The molecule has 0 spiro atoms. The minimum Gasteiger partial charge on any atom is -0.439 e. The number of oxazole rings is 1. The zero-order valence-electron chi connectivity index (χ0n) is 10.8. The zero-order chi connectivity index (χ0) is 14.5. The van der Waals surface area contributed by atoms with Gasteiger partial charge in [0.05, 0.1) is 19.3 Å². The fraction of sp³-hybridized carbons (Fsp3) is 0.308. The molecule has 1 aromatic heterocycles. The number of benzene rings is 1. The lowest BCUT2D eigenvalue weighted by molar-refractivity contribution is 0.198. The summed E-state index contributed by atoms with van der Waals surface area (Å²) in [7, 11) is 1.59. The van der Waals surface area contributed by atoms with Crippen molar-refractivity contribution in [1.82, 2.24) is 10.3 Å². The molecule has 1 heterocycles. The van der Waals surface area contributed by atoms with Crippen LogP contribution in [0.3, 0.4) is 0 Å². The van der Waals surface area contributed by atoms with Gasteiger partial charge in [0.15, 0.2) is 23.2 Å². The first-order valence-electron chi connectivity index (χ1n) is 5.91. The van der Waals surface area contributed by atoms with Gasteiger partial charge in [-0.15, -0.1) is 0 Å². The van der Waals surface area contributed by atoms with Crippen LogP contribution in [0.15, 0.2) is 22.7 Å². The zero-order valence-corrected chi connectivity index (χ0v) is 10.8. The number of methoxy groups -OCH3 is 1. The summed E-state index contributed by atoms with van der Waals surface area (Å²) in [4.78, 5) is 3.96. The van der Waals surface area contributed by atoms with E-state index in [-0.39, 0.29) is 11.3 Å². The number of hydrogen-bond acceptors (Lipinski definition) is 4. The molecule has 0 fully saturated rings. The van der Waals surface area contributed by atoms with Crippen LogP contribution in [0.5, 0.6) is 0 Å². The molecule has 1 N–H and O–H groups in total. The minimum atomic E-state index is -1.50. The van der Waals surface area contributed by atoms with E-state index in [0.29, 0.717) is 25.6 Å². The topological polar surface area (TPSA) is 47.3 Å². The van der Waals surface area contributed by atoms with E-state index in [1.54, 1.807) is 7.11 Å². The van der Waals surface area contributed by atoms with Crippen molar-refractivity contribution in [2.75, 3.05) is 20.3 Å². The van der Waals surface area contributed by atoms with Crippen LogP contribution in [-0.2, 0) is 11.3 Å². The number of ether oxygens (including phenoxy) is 1. The molecule has 4 nitrogen and oxygen atoms in total. The van der Waals surface area contributed by atoms with Gasteiger partial charge in [-0.25, -0.2) is 18.2 Å². The van der Waals surface area contributed by atoms with Crippen molar-refractivity contribution in [1.29, 1.82) is 0 Å². The number of hydrogen-bond donors (Lipinski definition) is 1. The van der Waals surface area contributed by atoms with E-state index in [9.17, 15) is 13.2 Å². The lowest BCUT2D eigenvalue weighted by Crippen LogP contribution is -2.18. The molecule has 20 heavy (non-hydrogen) atoms. The van der Waals surface area contributed by atoms with Crippen molar-refractivity contribution in [3.63, 3.8) is 0 Å². The molecular formula is C13H13F3N2O2. The summed E-state index contributed by atoms with van der Waals surface area (Å²) in [5.41, 5.74) is 0.0945. The number of nitrogens with zero attached hydrogens (tertiary/aromatic N) is 1. The first-order valence-corrected chi connectivity index (χ1v) is 5.91. The van der Waals surface area contributed by atoms with E-state index in [4.69, 9.17) is 9.15 Å². The second-order valence-electron chi connectivity index (χ2n) is 4.04. The van der Waals surface area contributed by atoms with Gasteiger partial charge in [-0.3, -0.25) is 0 Å². The Morgan fingerprint density at radius 1 is 1.25 bits per heavy atom. The van der Waals surface area contributed by atoms with E-state index in [1.807, 2.05) is 0 Å². The molecule has 0 bridgehead atoms. The summed E-state index contributed by atoms with van der Waals surface area (Å²) in [5.74, 6) is -3.50. The molecule has 0 radical (unpaired) electrons. The predicted octanol–water partition coefficient (Wildman–Crippen LogP) is 2.49. The molecule has 0 atom stereocenters. The summed E-state index contributed by atoms with van der Waals surface area (Å²) < 4.78 is 49.3. The highest BCUT2D eigenvalue weighted by atomic mass is 19.2. The molecular weight excluding hydrogens is 273 g/mol. The summed E-state index contributed by atoms with van der Waals surface area (Å²) in [5, 5.41) is 3.01. The molecule has 2 rings (SSSR count). The molecule has 1 aromatic carbocycles. The molecule has 7 heteroatoms. The van der Waals surface area contributed by atoms with Crippen LogP contribution in [0.25, 0.3) is 11.3 Å². The van der Waals surface area contributed by atoms with Gasteiger partial charge in [0.25, 0.3) is 0 Å². The van der Waals surface area contributed by atoms with Crippen LogP contribution in [-0.4, -0.2) is 25.2 Å². The summed E-state index contributed by atoms with van der Waals surface area (Å²) in [6, 6.07) is 1.72. The monoisotopic (exact) mass is 286 g/mol. The molecule has 0 unspecified atom stereocenters. The smallest absolute Gasteiger partial charge is 0.208 e. The standard InChI is InChI=1S/C13H13F3N2O2/c1-19-3-2-17-7-12-18-6-11(20-12)8-4-9(14)13(16)10(15)5-8/h4-6,17H,2-3,7H2,1H3. The Bertz CT molecular complexity index is 564. The molecule has 0 saturated heterocycles. The highest BCUT2D eigenvalue weighted by Gasteiger charge is 2.14. The van der Waals surface area contributed by atoms with Crippen molar-refractivity contribution in [2.24, 2.45) is 0 Å². The average Bonchev–Trinajstić information content (AvgIpc) is 2.89. The number of nitrogens with one attached hydrogen (secondary N) is 1. The maximum atomic E-state index is 13.1. The second kappa shape index (κ2) is 6.53. The predicted molar refractivity (Wildman–Crippen MR) is 65.4 cm³/mol. The second-order valence-corrected chi connectivity index (χ2v) is 4.04. The van der Waals surface area contributed by atoms with Crippen LogP contribution >= 0.6 is 0 Å². The Morgan fingerprint density at radius 2 is 1.95 bits per heavy atom. The number of halogens is 3. The van der Waals surface area contributed by atoms with Crippen LogP contribution in [0.2, 0.25) is 0 Å². The Morgan fingerprint density at radius 3 is 2.60 bits per heavy atom. The molecule has 108 valence electrons. The van der Waals surface area contributed by atoms with Gasteiger partial charge in [0.2, 0.25) is 5.89 Å². The molecule has 2 aromatic rings. The third-order valence-electron chi connectivity index (χ3n) is 2.58. The van der Waals surface area contributed by atoms with Crippen LogP contribution in [0.1, 0.15) is 5.89 Å². The Balaban J connectivity index is 2.08. The quantitative estimate of drug-likeness (QED) is 0.654. The first kappa shape index (κ1) is 14.5. The largest absolute Gasteiger partial charge is 0.439 e. The van der Waals surface area contributed by atoms with Crippen LogP contribution in [0, 0.1) is 17.5 Å². The fourth-order valence-electron chi connectivity index (χ4n) is 1.59. The van der Waals surface area contributed by atoms with Crippen LogP contribution < -0.4 is 5.32 Å². The summed E-state index contributed by atoms with van der Waals surface area (Å²) in [6.07, 6.45) is 1.33. The average molecular weight is 286 g/mol. The normalized spacial score (nSPS) is 11.0. The van der Waals surface area contributed by atoms with Gasteiger partial charge in [-0.1, -0.05) is 0 Å². The molecule has 0 aliphatic rings. The lowest BCUT2D eigenvalue weighted by Gasteiger charge is -2.01. The summed E-state index contributed by atoms with van der Waals surface area (Å²) in [6.45, 7) is 1.52.